The molecule has 0 aliphatic carbocycles. The van der Waals surface area contributed by atoms with E-state index in [1.165, 1.54) is 29.5 Å². The van der Waals surface area contributed by atoms with Crippen LogP contribution in [0.3, 0.4) is 0 Å². The van der Waals surface area contributed by atoms with Crippen LogP contribution in [0, 0.1) is 0 Å². The van der Waals surface area contributed by atoms with Gasteiger partial charge in [0.1, 0.15) is 0 Å². The molecule has 162 valence electrons. The lowest BCUT2D eigenvalue weighted by Gasteiger charge is -2.31. The molecule has 2 amide bonds. The van der Waals surface area contributed by atoms with E-state index in [4.69, 9.17) is 0 Å². The summed E-state index contributed by atoms with van der Waals surface area (Å²) in [7, 11) is -4.82. The SMILES string of the molecule is O=C(CN1CCC(NC(=O)c2ccsc2)CC1)Nc1ccccc1S(=O)(=O)C(F)F. The number of nitrogens with one attached hydrogen (secondary N) is 2. The van der Waals surface area contributed by atoms with Crippen molar-refractivity contribution in [2.45, 2.75) is 29.5 Å². The Balaban J connectivity index is 1.52. The Morgan fingerprint density at radius 3 is 2.50 bits per heavy atom. The number of carbonyl (C=O) groups excluding carboxylic acids is 2. The van der Waals surface area contributed by atoms with Crippen LogP contribution in [-0.2, 0) is 14.6 Å². The number of alkyl halides is 2. The largest absolute Gasteiger partial charge is 0.349 e. The zero-order chi connectivity index (χ0) is 21.7. The molecule has 0 bridgehead atoms. The summed E-state index contributed by atoms with van der Waals surface area (Å²) in [4.78, 5) is 25.7. The number of hydrogen-bond donors (Lipinski definition) is 2. The molecule has 0 saturated carbocycles. The van der Waals surface area contributed by atoms with E-state index in [1.54, 1.807) is 11.4 Å². The first-order valence-electron chi connectivity index (χ1n) is 9.23. The van der Waals surface area contributed by atoms with Crippen molar-refractivity contribution < 1.29 is 26.8 Å². The van der Waals surface area contributed by atoms with Gasteiger partial charge in [0.25, 0.3) is 5.91 Å². The molecule has 0 unspecified atom stereocenters. The van der Waals surface area contributed by atoms with Crippen LogP contribution < -0.4 is 10.6 Å². The molecule has 11 heteroatoms. The Hall–Kier alpha value is -2.37. The zero-order valence-electron chi connectivity index (χ0n) is 15.9. The van der Waals surface area contributed by atoms with Gasteiger partial charge in [-0.25, -0.2) is 8.42 Å². The van der Waals surface area contributed by atoms with Gasteiger partial charge in [0.15, 0.2) is 0 Å². The highest BCUT2D eigenvalue weighted by Crippen LogP contribution is 2.26. The first-order chi connectivity index (χ1) is 14.3. The van der Waals surface area contributed by atoms with Gasteiger partial charge >= 0.3 is 5.76 Å². The van der Waals surface area contributed by atoms with Crippen molar-refractivity contribution in [3.05, 3.63) is 46.7 Å². The lowest BCUT2D eigenvalue weighted by atomic mass is 10.0. The van der Waals surface area contributed by atoms with Gasteiger partial charge in [-0.2, -0.15) is 20.1 Å². The van der Waals surface area contributed by atoms with Crippen LogP contribution in [-0.4, -0.2) is 56.6 Å². The first-order valence-corrected chi connectivity index (χ1v) is 11.7. The van der Waals surface area contributed by atoms with Crippen molar-refractivity contribution in [3.63, 3.8) is 0 Å². The first kappa shape index (κ1) is 22.3. The van der Waals surface area contributed by atoms with E-state index in [0.717, 1.165) is 6.07 Å². The van der Waals surface area contributed by atoms with Gasteiger partial charge in [0.05, 0.1) is 17.1 Å². The smallest absolute Gasteiger partial charge is 0.341 e. The van der Waals surface area contributed by atoms with Crippen LogP contribution in [0.15, 0.2) is 46.0 Å². The van der Waals surface area contributed by atoms with Gasteiger partial charge in [-0.1, -0.05) is 12.1 Å². The highest BCUT2D eigenvalue weighted by Gasteiger charge is 2.30. The number of thiophene rings is 1. The molecule has 1 saturated heterocycles. The second kappa shape index (κ2) is 9.63. The number of rotatable bonds is 7. The molecule has 0 atom stereocenters. The second-order valence-corrected chi connectivity index (χ2v) is 9.55. The van der Waals surface area contributed by atoms with E-state index < -0.39 is 26.4 Å². The number of benzene rings is 1. The van der Waals surface area contributed by atoms with Crippen molar-refractivity contribution >= 4 is 38.7 Å². The third-order valence-corrected chi connectivity index (χ3v) is 6.90. The van der Waals surface area contributed by atoms with E-state index in [1.807, 2.05) is 10.3 Å². The number of carbonyl (C=O) groups is 2. The number of hydrogen-bond acceptors (Lipinski definition) is 6. The highest BCUT2D eigenvalue weighted by atomic mass is 32.2. The topological polar surface area (TPSA) is 95.6 Å². The fraction of sp³-hybridized carbons (Fsp3) is 0.368. The fourth-order valence-electron chi connectivity index (χ4n) is 3.20. The number of sulfone groups is 1. The Morgan fingerprint density at radius 1 is 1.17 bits per heavy atom. The number of halogens is 2. The summed E-state index contributed by atoms with van der Waals surface area (Å²) in [5.41, 5.74) is 0.458. The molecule has 1 aromatic heterocycles. The maximum absolute atomic E-state index is 12.9. The number of amides is 2. The van der Waals surface area contributed by atoms with E-state index in [2.05, 4.69) is 10.6 Å². The van der Waals surface area contributed by atoms with Crippen molar-refractivity contribution in [1.82, 2.24) is 10.2 Å². The van der Waals surface area contributed by atoms with E-state index >= 15 is 0 Å². The number of para-hydroxylation sites is 1. The van der Waals surface area contributed by atoms with Gasteiger partial charge in [0.2, 0.25) is 15.7 Å². The molecule has 1 fully saturated rings. The van der Waals surface area contributed by atoms with E-state index in [-0.39, 0.29) is 24.2 Å². The zero-order valence-corrected chi connectivity index (χ0v) is 17.5. The van der Waals surface area contributed by atoms with Gasteiger partial charge in [-0.15, -0.1) is 0 Å². The summed E-state index contributed by atoms with van der Waals surface area (Å²) in [6.07, 6.45) is 1.33. The third-order valence-electron chi connectivity index (χ3n) is 4.78. The molecule has 2 heterocycles. The monoisotopic (exact) mass is 457 g/mol. The molecule has 1 aliphatic rings. The minimum atomic E-state index is -4.82. The third kappa shape index (κ3) is 5.41. The highest BCUT2D eigenvalue weighted by molar-refractivity contribution is 7.91. The summed E-state index contributed by atoms with van der Waals surface area (Å²) in [5.74, 6) is -4.18. The van der Waals surface area contributed by atoms with Gasteiger partial charge < -0.3 is 10.6 Å². The maximum atomic E-state index is 12.9. The molecule has 0 spiro atoms. The average molecular weight is 458 g/mol. The van der Waals surface area contributed by atoms with Crippen LogP contribution in [0.1, 0.15) is 23.2 Å². The Bertz CT molecular complexity index is 989. The van der Waals surface area contributed by atoms with Crippen molar-refractivity contribution in [2.24, 2.45) is 0 Å². The number of piperidine rings is 1. The summed E-state index contributed by atoms with van der Waals surface area (Å²) in [6.45, 7) is 1.13. The Morgan fingerprint density at radius 2 is 1.87 bits per heavy atom. The molecule has 30 heavy (non-hydrogen) atoms. The van der Waals surface area contributed by atoms with Crippen LogP contribution in [0.4, 0.5) is 14.5 Å². The summed E-state index contributed by atoms with van der Waals surface area (Å²) in [5, 5.41) is 9.00. The van der Waals surface area contributed by atoms with E-state index in [9.17, 15) is 26.8 Å². The predicted molar refractivity (Wildman–Crippen MR) is 110 cm³/mol. The second-order valence-electron chi connectivity index (χ2n) is 6.89. The standard InChI is InChI=1S/C19H21F2N3O4S2/c20-19(21)30(27,28)16-4-2-1-3-15(16)23-17(25)11-24-8-5-14(6-9-24)22-18(26)13-7-10-29-12-13/h1-4,7,10,12,14,19H,5-6,8-9,11H2,(H,22,26)(H,23,25). The molecular weight excluding hydrogens is 436 g/mol. The molecule has 7 nitrogen and oxygen atoms in total. The number of likely N-dealkylation sites (tertiary alicyclic amines) is 1. The molecule has 2 aromatic rings. The van der Waals surface area contributed by atoms with Gasteiger partial charge in [-0.3, -0.25) is 14.5 Å². The lowest BCUT2D eigenvalue weighted by molar-refractivity contribution is -0.117. The van der Waals surface area contributed by atoms with Crippen LogP contribution in [0.25, 0.3) is 0 Å². The maximum Gasteiger partial charge on any atom is 0.341 e. The Labute approximate surface area is 177 Å². The minimum Gasteiger partial charge on any atom is -0.349 e. The van der Waals surface area contributed by atoms with Crippen LogP contribution in [0.5, 0.6) is 0 Å². The predicted octanol–water partition coefficient (Wildman–Crippen LogP) is 2.58. The number of anilines is 1. The average Bonchev–Trinajstić information content (AvgIpc) is 3.24. The normalized spacial score (nSPS) is 15.8. The van der Waals surface area contributed by atoms with Crippen molar-refractivity contribution in [3.8, 4) is 0 Å². The Kier molecular flexibility index (Phi) is 7.16. The van der Waals surface area contributed by atoms with Crippen molar-refractivity contribution in [2.75, 3.05) is 25.0 Å². The molecule has 3 rings (SSSR count). The molecule has 0 radical (unpaired) electrons. The summed E-state index contributed by atoms with van der Waals surface area (Å²) >= 11 is 1.45. The van der Waals surface area contributed by atoms with Crippen molar-refractivity contribution in [1.29, 1.82) is 0 Å². The number of nitrogens with zero attached hydrogens (tertiary/aromatic N) is 1. The molecule has 1 aliphatic heterocycles. The lowest BCUT2D eigenvalue weighted by Crippen LogP contribution is -2.46. The quantitative estimate of drug-likeness (QED) is 0.666. The summed E-state index contributed by atoms with van der Waals surface area (Å²) < 4.78 is 49.3. The van der Waals surface area contributed by atoms with E-state index in [0.29, 0.717) is 31.5 Å². The van der Waals surface area contributed by atoms with Crippen LogP contribution >= 0.6 is 11.3 Å². The van der Waals surface area contributed by atoms with Crippen LogP contribution in [0.2, 0.25) is 0 Å². The minimum absolute atomic E-state index is 0.00570. The molecule has 1 aromatic carbocycles. The van der Waals surface area contributed by atoms with Gasteiger partial charge in [-0.05, 0) is 36.4 Å². The van der Waals surface area contributed by atoms with Gasteiger partial charge in [0, 0.05) is 30.1 Å². The fourth-order valence-corrected chi connectivity index (χ4v) is 4.73. The summed E-state index contributed by atoms with van der Waals surface area (Å²) in [6, 6.07) is 6.86. The molecule has 2 N–H and O–H groups in total. The molecular formula is C19H21F2N3O4S2.